The molecule has 0 radical (unpaired) electrons. The van der Waals surface area contributed by atoms with E-state index < -0.39 is 16.8 Å². The van der Waals surface area contributed by atoms with Crippen molar-refractivity contribution in [2.75, 3.05) is 23.0 Å². The molecule has 34 heavy (non-hydrogen) atoms. The summed E-state index contributed by atoms with van der Waals surface area (Å²) in [4.78, 5) is 40.5. The van der Waals surface area contributed by atoms with E-state index in [1.807, 2.05) is 11.0 Å². The first-order valence-electron chi connectivity index (χ1n) is 10.6. The van der Waals surface area contributed by atoms with Crippen LogP contribution in [0.25, 0.3) is 0 Å². The summed E-state index contributed by atoms with van der Waals surface area (Å²) in [6.07, 6.45) is 0. The molecule has 11 heteroatoms. The number of nitrogens with zero attached hydrogens (tertiary/aromatic N) is 6. The van der Waals surface area contributed by atoms with Crippen molar-refractivity contribution >= 4 is 40.6 Å². The van der Waals surface area contributed by atoms with Crippen molar-refractivity contribution in [1.82, 2.24) is 4.90 Å². The van der Waals surface area contributed by atoms with Crippen LogP contribution in [-0.4, -0.2) is 45.7 Å². The van der Waals surface area contributed by atoms with Crippen molar-refractivity contribution < 1.29 is 14.5 Å². The van der Waals surface area contributed by atoms with Gasteiger partial charge in [-0.1, -0.05) is 18.2 Å². The molecule has 170 valence electrons. The normalized spacial score (nSPS) is 25.3. The summed E-state index contributed by atoms with van der Waals surface area (Å²) in [7, 11) is 0. The van der Waals surface area contributed by atoms with Crippen LogP contribution in [0.2, 0.25) is 0 Å². The number of nitro groups is 1. The van der Waals surface area contributed by atoms with Crippen molar-refractivity contribution in [2.45, 2.75) is 6.04 Å². The lowest BCUT2D eigenvalue weighted by atomic mass is 9.91. The van der Waals surface area contributed by atoms with Crippen molar-refractivity contribution in [1.29, 1.82) is 5.26 Å². The second-order valence-corrected chi connectivity index (χ2v) is 9.16. The molecule has 0 saturated carbocycles. The highest BCUT2D eigenvalue weighted by Gasteiger charge is 2.61. The molecule has 0 N–H and O–H groups in total. The molecule has 3 aliphatic rings. The summed E-state index contributed by atoms with van der Waals surface area (Å²) in [6.45, 7) is 0.599. The highest BCUT2D eigenvalue weighted by molar-refractivity contribution is 7.99. The van der Waals surface area contributed by atoms with Gasteiger partial charge in [-0.3, -0.25) is 19.7 Å². The van der Waals surface area contributed by atoms with E-state index in [9.17, 15) is 25.0 Å². The molecule has 5 rings (SSSR count). The van der Waals surface area contributed by atoms with Gasteiger partial charge in [-0.2, -0.15) is 17.0 Å². The topological polar surface area (TPSA) is 132 Å². The molecule has 2 aromatic carbocycles. The van der Waals surface area contributed by atoms with Gasteiger partial charge in [-0.25, -0.2) is 4.90 Å². The van der Waals surface area contributed by atoms with Crippen molar-refractivity contribution in [3.05, 3.63) is 76.1 Å². The lowest BCUT2D eigenvalue weighted by Crippen LogP contribution is -2.44. The smallest absolute Gasteiger partial charge is 0.269 e. The number of non-ortho nitro benzene ring substituents is 1. The largest absolute Gasteiger partial charge is 0.366 e. The van der Waals surface area contributed by atoms with Crippen molar-refractivity contribution in [3.63, 3.8) is 0 Å². The molecule has 0 bridgehead atoms. The number of amides is 2. The monoisotopic (exact) mass is 474 g/mol. The number of benzene rings is 2. The van der Waals surface area contributed by atoms with E-state index in [1.165, 1.54) is 29.2 Å². The zero-order valence-corrected chi connectivity index (χ0v) is 18.6. The number of imide groups is 1. The maximum absolute atomic E-state index is 13.5. The van der Waals surface area contributed by atoms with E-state index in [4.69, 9.17) is 0 Å². The Morgan fingerprint density at radius 1 is 1.12 bits per heavy atom. The highest BCUT2D eigenvalue weighted by Crippen LogP contribution is 2.49. The lowest BCUT2D eigenvalue weighted by Gasteiger charge is -2.34. The predicted octanol–water partition coefficient (Wildman–Crippen LogP) is 3.65. The van der Waals surface area contributed by atoms with Crippen LogP contribution in [0.1, 0.15) is 0 Å². The Balaban J connectivity index is 1.55. The number of anilines is 1. The number of hydrogen-bond donors (Lipinski definition) is 0. The third kappa shape index (κ3) is 3.52. The Kier molecular flexibility index (Phi) is 5.59. The fourth-order valence-electron chi connectivity index (χ4n) is 4.76. The predicted molar refractivity (Wildman–Crippen MR) is 124 cm³/mol. The highest BCUT2D eigenvalue weighted by atomic mass is 32.2. The van der Waals surface area contributed by atoms with Crippen molar-refractivity contribution in [3.8, 4) is 6.07 Å². The Labute approximate surface area is 198 Å². The van der Waals surface area contributed by atoms with Gasteiger partial charge in [0.15, 0.2) is 5.70 Å². The van der Waals surface area contributed by atoms with Gasteiger partial charge in [0.05, 0.1) is 39.9 Å². The number of azo groups is 1. The maximum Gasteiger partial charge on any atom is 0.269 e. The molecule has 3 fully saturated rings. The van der Waals surface area contributed by atoms with Crippen LogP contribution < -0.4 is 4.90 Å². The van der Waals surface area contributed by atoms with Gasteiger partial charge < -0.3 is 4.90 Å². The number of carbonyl (C=O) groups is 2. The number of thioether (sulfide) groups is 1. The van der Waals surface area contributed by atoms with Gasteiger partial charge in [-0.05, 0) is 24.3 Å². The molecule has 0 aliphatic carbocycles. The molecule has 0 unspecified atom stereocenters. The van der Waals surface area contributed by atoms with Gasteiger partial charge in [-0.15, -0.1) is 10.2 Å². The maximum atomic E-state index is 13.5. The number of hydrogen-bond acceptors (Lipinski definition) is 9. The number of rotatable bonds is 4. The molecule has 10 nitrogen and oxygen atoms in total. The van der Waals surface area contributed by atoms with Crippen LogP contribution in [-0.2, 0) is 9.59 Å². The van der Waals surface area contributed by atoms with Crippen LogP contribution >= 0.6 is 11.8 Å². The van der Waals surface area contributed by atoms with E-state index in [1.54, 1.807) is 36.0 Å². The summed E-state index contributed by atoms with van der Waals surface area (Å²) < 4.78 is 0. The van der Waals surface area contributed by atoms with Crippen LogP contribution in [0.3, 0.4) is 0 Å². The van der Waals surface area contributed by atoms with Gasteiger partial charge in [0.1, 0.15) is 6.07 Å². The Bertz CT molecular complexity index is 1270. The summed E-state index contributed by atoms with van der Waals surface area (Å²) in [5.74, 6) is -0.546. The van der Waals surface area contributed by atoms with Gasteiger partial charge in [0.25, 0.3) is 5.69 Å². The summed E-state index contributed by atoms with van der Waals surface area (Å²) in [5.41, 5.74) is 1.16. The fraction of sp³-hybridized carbons (Fsp3) is 0.261. The lowest BCUT2D eigenvalue weighted by molar-refractivity contribution is -0.384. The number of fused-ring (bicyclic) bond motifs is 3. The van der Waals surface area contributed by atoms with E-state index in [0.717, 1.165) is 5.75 Å². The molecule has 3 aliphatic heterocycles. The number of nitriles is 1. The molecule has 0 aromatic heterocycles. The molecular formula is C23H18N6O4S. The van der Waals surface area contributed by atoms with Gasteiger partial charge in [0.2, 0.25) is 11.8 Å². The first-order chi connectivity index (χ1) is 16.5. The summed E-state index contributed by atoms with van der Waals surface area (Å²) in [6, 6.07) is 16.1. The van der Waals surface area contributed by atoms with E-state index in [-0.39, 0.29) is 29.2 Å². The minimum absolute atomic E-state index is 0.0289. The number of nitro benzene ring substituents is 1. The number of para-hydroxylation sites is 1. The third-order valence-electron chi connectivity index (χ3n) is 6.22. The second kappa shape index (κ2) is 8.72. The van der Waals surface area contributed by atoms with Crippen molar-refractivity contribution in [2.24, 2.45) is 22.1 Å². The average molecular weight is 475 g/mol. The fourth-order valence-corrected chi connectivity index (χ4v) is 5.88. The van der Waals surface area contributed by atoms with E-state index in [0.29, 0.717) is 29.4 Å². The SMILES string of the molecule is N#C/C(N=Nc1ccc([N+](=O)[O-])cc1)=C1\[C@H]2C(=O)N(c3ccccc3)C(=O)[C@H]2[C@H]2CSCCN12. The number of carbonyl (C=O) groups excluding carboxylic acids is 2. The Hall–Kier alpha value is -4.04. The molecule has 0 spiro atoms. The molecule has 3 saturated heterocycles. The van der Waals surface area contributed by atoms with Crippen LogP contribution in [0.4, 0.5) is 17.1 Å². The summed E-state index contributed by atoms with van der Waals surface area (Å²) in [5, 5.41) is 29.0. The first kappa shape index (κ1) is 21.8. The summed E-state index contributed by atoms with van der Waals surface area (Å²) >= 11 is 1.72. The molecule has 2 aromatic rings. The zero-order chi connectivity index (χ0) is 23.8. The standard InChI is InChI=1S/C23H18N6O4S/c24-12-17(26-25-14-6-8-16(9-7-14)29(32)33)21-20-19(18-13-34-11-10-27(18)21)22(30)28(23(20)31)15-4-2-1-3-5-15/h1-9,18-20H,10-11,13H2/b21-17-,26-25?/t18-,19+,20+/m1/s1. The van der Waals surface area contributed by atoms with E-state index >= 15 is 0 Å². The van der Waals surface area contributed by atoms with Gasteiger partial charge in [0, 0.05) is 30.2 Å². The van der Waals surface area contributed by atoms with Crippen LogP contribution in [0, 0.1) is 33.3 Å². The average Bonchev–Trinajstić information content (AvgIpc) is 3.33. The third-order valence-corrected chi connectivity index (χ3v) is 7.27. The molecule has 2 amide bonds. The second-order valence-electron chi connectivity index (χ2n) is 8.01. The zero-order valence-electron chi connectivity index (χ0n) is 17.8. The molecule has 3 heterocycles. The van der Waals surface area contributed by atoms with Crippen LogP contribution in [0.15, 0.2) is 76.2 Å². The quantitative estimate of drug-likeness (QED) is 0.217. The first-order valence-corrected chi connectivity index (χ1v) is 11.7. The minimum atomic E-state index is -0.804. The molecule has 3 atom stereocenters. The van der Waals surface area contributed by atoms with Crippen LogP contribution in [0.5, 0.6) is 0 Å². The minimum Gasteiger partial charge on any atom is -0.366 e. The number of allylic oxidation sites excluding steroid dienone is 1. The van der Waals surface area contributed by atoms with E-state index in [2.05, 4.69) is 16.3 Å². The Morgan fingerprint density at radius 2 is 1.85 bits per heavy atom. The van der Waals surface area contributed by atoms with Gasteiger partial charge >= 0.3 is 0 Å². The molecular weight excluding hydrogens is 456 g/mol. The Morgan fingerprint density at radius 3 is 2.53 bits per heavy atom.